The molecule has 114 valence electrons. The molecule has 0 aromatic rings. The van der Waals surface area contributed by atoms with Gasteiger partial charge in [-0.05, 0) is 50.6 Å². The van der Waals surface area contributed by atoms with Gasteiger partial charge in [-0.25, -0.2) is 12.7 Å². The molecule has 1 fully saturated rings. The van der Waals surface area contributed by atoms with Crippen LogP contribution in [0.4, 0.5) is 0 Å². The van der Waals surface area contributed by atoms with Crippen LogP contribution in [0.5, 0.6) is 0 Å². The number of sulfonamides is 1. The van der Waals surface area contributed by atoms with Crippen molar-refractivity contribution in [2.24, 2.45) is 5.41 Å². The third-order valence-electron chi connectivity index (χ3n) is 4.27. The molecule has 1 rings (SSSR count). The first-order chi connectivity index (χ1) is 8.78. The second kappa shape index (κ2) is 7.04. The van der Waals surface area contributed by atoms with Gasteiger partial charge in [0.05, 0.1) is 5.75 Å². The third-order valence-corrected chi connectivity index (χ3v) is 6.25. The maximum Gasteiger partial charge on any atom is 0.214 e. The first-order valence-electron chi connectivity index (χ1n) is 7.45. The largest absolute Gasteiger partial charge is 0.317 e. The lowest BCUT2D eigenvalue weighted by Crippen LogP contribution is -2.42. The molecule has 0 radical (unpaired) electrons. The van der Waals surface area contributed by atoms with Crippen molar-refractivity contribution in [1.82, 2.24) is 9.62 Å². The maximum absolute atomic E-state index is 12.3. The fourth-order valence-electron chi connectivity index (χ4n) is 2.68. The molecular weight excluding hydrogens is 260 g/mol. The Kier molecular flexibility index (Phi) is 6.27. The van der Waals surface area contributed by atoms with Crippen LogP contribution < -0.4 is 5.32 Å². The second-order valence-electron chi connectivity index (χ2n) is 6.43. The first-order valence-corrected chi connectivity index (χ1v) is 9.06. The monoisotopic (exact) mass is 290 g/mol. The van der Waals surface area contributed by atoms with Crippen LogP contribution in [0.2, 0.25) is 0 Å². The lowest BCUT2D eigenvalue weighted by Gasteiger charge is -2.38. The maximum atomic E-state index is 12.3. The summed E-state index contributed by atoms with van der Waals surface area (Å²) in [5, 5.41) is 3.17. The smallest absolute Gasteiger partial charge is 0.214 e. The lowest BCUT2D eigenvalue weighted by molar-refractivity contribution is 0.174. The minimum absolute atomic E-state index is 0.206. The summed E-state index contributed by atoms with van der Waals surface area (Å²) >= 11 is 0. The van der Waals surface area contributed by atoms with Crippen LogP contribution in [0, 0.1) is 5.41 Å². The van der Waals surface area contributed by atoms with Crippen molar-refractivity contribution >= 4 is 10.0 Å². The van der Waals surface area contributed by atoms with Crippen molar-refractivity contribution < 1.29 is 8.42 Å². The zero-order chi connectivity index (χ0) is 14.5. The number of rotatable bonds is 7. The molecule has 0 aromatic heterocycles. The second-order valence-corrected chi connectivity index (χ2v) is 8.58. The summed E-state index contributed by atoms with van der Waals surface area (Å²) in [5.41, 5.74) is 0.381. The van der Waals surface area contributed by atoms with Gasteiger partial charge in [-0.2, -0.15) is 0 Å². The van der Waals surface area contributed by atoms with Gasteiger partial charge >= 0.3 is 0 Å². The number of hydrogen-bond acceptors (Lipinski definition) is 3. The van der Waals surface area contributed by atoms with E-state index in [-0.39, 0.29) is 11.8 Å². The van der Waals surface area contributed by atoms with E-state index in [2.05, 4.69) is 19.2 Å². The molecule has 0 heterocycles. The van der Waals surface area contributed by atoms with Crippen LogP contribution in [0.25, 0.3) is 0 Å². The van der Waals surface area contributed by atoms with Crippen LogP contribution in [-0.4, -0.2) is 44.7 Å². The normalized spacial score (nSPS) is 20.9. The molecule has 1 aliphatic carbocycles. The Balaban J connectivity index is 2.45. The van der Waals surface area contributed by atoms with Gasteiger partial charge in [0.1, 0.15) is 0 Å². The van der Waals surface area contributed by atoms with E-state index >= 15 is 0 Å². The van der Waals surface area contributed by atoms with Gasteiger partial charge in [0.25, 0.3) is 0 Å². The average molecular weight is 290 g/mol. The van der Waals surface area contributed by atoms with Gasteiger partial charge < -0.3 is 5.32 Å². The van der Waals surface area contributed by atoms with E-state index in [4.69, 9.17) is 0 Å². The van der Waals surface area contributed by atoms with E-state index in [1.807, 2.05) is 6.92 Å². The summed E-state index contributed by atoms with van der Waals surface area (Å²) in [4.78, 5) is 0. The van der Waals surface area contributed by atoms with Gasteiger partial charge in [-0.3, -0.25) is 0 Å². The molecule has 19 heavy (non-hydrogen) atoms. The zero-order valence-electron chi connectivity index (χ0n) is 12.9. The van der Waals surface area contributed by atoms with E-state index in [9.17, 15) is 8.42 Å². The van der Waals surface area contributed by atoms with Crippen LogP contribution in [0.3, 0.4) is 0 Å². The highest BCUT2D eigenvalue weighted by Gasteiger charge is 2.32. The summed E-state index contributed by atoms with van der Waals surface area (Å²) in [7, 11) is -1.33. The van der Waals surface area contributed by atoms with Crippen LogP contribution in [0.15, 0.2) is 0 Å². The molecule has 1 saturated carbocycles. The summed E-state index contributed by atoms with van der Waals surface area (Å²) in [5.74, 6) is 0.260. The third kappa shape index (κ3) is 5.40. The molecule has 4 nitrogen and oxygen atoms in total. The van der Waals surface area contributed by atoms with Gasteiger partial charge in [0, 0.05) is 13.1 Å². The Morgan fingerprint density at radius 2 is 1.84 bits per heavy atom. The fraction of sp³-hybridized carbons (Fsp3) is 1.00. The molecule has 0 aromatic carbocycles. The highest BCUT2D eigenvalue weighted by Crippen LogP contribution is 2.37. The summed E-state index contributed by atoms with van der Waals surface area (Å²) in [6.07, 6.45) is 4.93. The van der Waals surface area contributed by atoms with Crippen molar-refractivity contribution in [3.05, 3.63) is 0 Å². The quantitative estimate of drug-likeness (QED) is 0.731. The Labute approximate surface area is 119 Å². The zero-order valence-corrected chi connectivity index (χ0v) is 13.7. The molecule has 0 spiro atoms. The molecule has 0 saturated heterocycles. The predicted octanol–water partition coefficient (Wildman–Crippen LogP) is 2.22. The molecule has 0 bridgehead atoms. The van der Waals surface area contributed by atoms with Gasteiger partial charge in [-0.15, -0.1) is 0 Å². The number of nitrogens with zero attached hydrogens (tertiary/aromatic N) is 1. The van der Waals surface area contributed by atoms with E-state index in [0.29, 0.717) is 11.8 Å². The molecule has 0 amide bonds. The average Bonchev–Trinajstić information content (AvgIpc) is 2.34. The van der Waals surface area contributed by atoms with Gasteiger partial charge in [-0.1, -0.05) is 20.8 Å². The van der Waals surface area contributed by atoms with E-state index in [1.165, 1.54) is 0 Å². The fourth-order valence-corrected chi connectivity index (χ4v) is 4.14. The predicted molar refractivity (Wildman–Crippen MR) is 80.7 cm³/mol. The van der Waals surface area contributed by atoms with Crippen molar-refractivity contribution in [2.75, 3.05) is 25.9 Å². The van der Waals surface area contributed by atoms with Crippen molar-refractivity contribution in [3.63, 3.8) is 0 Å². The first kappa shape index (κ1) is 16.9. The Hall–Kier alpha value is -0.130. The minimum atomic E-state index is -3.08. The summed E-state index contributed by atoms with van der Waals surface area (Å²) < 4.78 is 26.1. The minimum Gasteiger partial charge on any atom is -0.317 e. The Morgan fingerprint density at radius 1 is 1.26 bits per heavy atom. The summed E-state index contributed by atoms with van der Waals surface area (Å²) in [6.45, 7) is 8.25. The SMILES string of the molecule is CCNCCCS(=O)(=O)N(C)C1CCC(C)(C)CC1. The molecule has 1 N–H and O–H groups in total. The summed E-state index contributed by atoms with van der Waals surface area (Å²) in [6, 6.07) is 0.206. The van der Waals surface area contributed by atoms with Crippen LogP contribution >= 0.6 is 0 Å². The topological polar surface area (TPSA) is 49.4 Å². The van der Waals surface area contributed by atoms with E-state index in [1.54, 1.807) is 11.4 Å². The van der Waals surface area contributed by atoms with Gasteiger partial charge in [0.2, 0.25) is 10.0 Å². The lowest BCUT2D eigenvalue weighted by atomic mass is 9.76. The highest BCUT2D eigenvalue weighted by molar-refractivity contribution is 7.89. The van der Waals surface area contributed by atoms with Crippen molar-refractivity contribution in [2.45, 2.75) is 58.9 Å². The molecule has 0 atom stereocenters. The number of nitrogens with one attached hydrogen (secondary N) is 1. The number of hydrogen-bond donors (Lipinski definition) is 1. The molecule has 1 aliphatic rings. The van der Waals surface area contributed by atoms with Gasteiger partial charge in [0.15, 0.2) is 0 Å². The van der Waals surface area contributed by atoms with Crippen LogP contribution in [-0.2, 0) is 10.0 Å². The molecule has 0 aliphatic heterocycles. The van der Waals surface area contributed by atoms with E-state index in [0.717, 1.165) is 38.8 Å². The van der Waals surface area contributed by atoms with E-state index < -0.39 is 10.0 Å². The van der Waals surface area contributed by atoms with Crippen molar-refractivity contribution in [1.29, 1.82) is 0 Å². The molecular formula is C14H30N2O2S. The van der Waals surface area contributed by atoms with Crippen LogP contribution in [0.1, 0.15) is 52.9 Å². The molecule has 5 heteroatoms. The highest BCUT2D eigenvalue weighted by atomic mass is 32.2. The Morgan fingerprint density at radius 3 is 2.37 bits per heavy atom. The standard InChI is InChI=1S/C14H30N2O2S/c1-5-15-11-6-12-19(17,18)16(4)13-7-9-14(2,3)10-8-13/h13,15H,5-12H2,1-4H3. The molecule has 0 unspecified atom stereocenters. The van der Waals surface area contributed by atoms with Crippen molar-refractivity contribution in [3.8, 4) is 0 Å². The Bertz CT molecular complexity index is 356.